The first-order chi connectivity index (χ1) is 11.0. The number of carbonyl (C=O) groups is 2. The average molecular weight is 318 g/mol. The number of aliphatic carboxylic acids is 1. The van der Waals surface area contributed by atoms with Crippen molar-refractivity contribution in [3.05, 3.63) is 24.3 Å². The molecule has 1 heterocycles. The number of nitrogens with zero attached hydrogens (tertiary/aromatic N) is 1. The van der Waals surface area contributed by atoms with Crippen molar-refractivity contribution in [2.75, 3.05) is 32.1 Å². The number of anilines is 1. The minimum atomic E-state index is -0.710. The fourth-order valence-corrected chi connectivity index (χ4v) is 3.94. The van der Waals surface area contributed by atoms with Gasteiger partial charge in [0.15, 0.2) is 0 Å². The third-order valence-electron chi connectivity index (χ3n) is 5.11. The smallest absolute Gasteiger partial charge is 0.311 e. The van der Waals surface area contributed by atoms with E-state index < -0.39 is 11.4 Å². The van der Waals surface area contributed by atoms with Crippen LogP contribution in [0.5, 0.6) is 5.75 Å². The number of methoxy groups -OCH3 is 1. The highest BCUT2D eigenvalue weighted by molar-refractivity contribution is 5.92. The number of carbonyl (C=O) groups excluding carboxylic acids is 1. The highest BCUT2D eigenvalue weighted by atomic mass is 16.5. The maximum atomic E-state index is 12.2. The van der Waals surface area contributed by atoms with E-state index in [9.17, 15) is 14.7 Å². The summed E-state index contributed by atoms with van der Waals surface area (Å²) in [6.45, 7) is 1.41. The SMILES string of the molecule is COc1ccc(NC(=O)CN2C[C@@H]3CCC[C@@]3(C(=O)O)C2)cc1. The van der Waals surface area contributed by atoms with Crippen LogP contribution in [-0.2, 0) is 9.59 Å². The Balaban J connectivity index is 1.57. The molecule has 1 aromatic rings. The van der Waals surface area contributed by atoms with Gasteiger partial charge < -0.3 is 15.2 Å². The van der Waals surface area contributed by atoms with Crippen LogP contribution in [0.3, 0.4) is 0 Å². The molecule has 0 unspecified atom stereocenters. The number of likely N-dealkylation sites (tertiary alicyclic amines) is 1. The van der Waals surface area contributed by atoms with Gasteiger partial charge in [0.25, 0.3) is 0 Å². The molecule has 0 spiro atoms. The monoisotopic (exact) mass is 318 g/mol. The standard InChI is InChI=1S/C17H22N2O4/c1-23-14-6-4-13(5-7-14)18-15(20)10-19-9-12-3-2-8-17(12,11-19)16(21)22/h4-7,12H,2-3,8-11H2,1H3,(H,18,20)(H,21,22)/t12-,17+/m0/s1. The Labute approximate surface area is 135 Å². The molecule has 6 nitrogen and oxygen atoms in total. The Kier molecular flexibility index (Phi) is 4.26. The van der Waals surface area contributed by atoms with Gasteiger partial charge in [-0.25, -0.2) is 0 Å². The molecule has 2 fully saturated rings. The molecule has 1 aromatic carbocycles. The summed E-state index contributed by atoms with van der Waals surface area (Å²) in [5, 5.41) is 12.4. The molecule has 124 valence electrons. The van der Waals surface area contributed by atoms with Crippen LogP contribution in [0.1, 0.15) is 19.3 Å². The number of amides is 1. The van der Waals surface area contributed by atoms with Crippen molar-refractivity contribution in [3.63, 3.8) is 0 Å². The van der Waals surface area contributed by atoms with Crippen LogP contribution in [-0.4, -0.2) is 48.6 Å². The van der Waals surface area contributed by atoms with Gasteiger partial charge in [-0.15, -0.1) is 0 Å². The Morgan fingerprint density at radius 3 is 2.74 bits per heavy atom. The number of fused-ring (bicyclic) bond motifs is 1. The molecule has 2 aliphatic rings. The van der Waals surface area contributed by atoms with E-state index >= 15 is 0 Å². The van der Waals surface area contributed by atoms with E-state index in [1.165, 1.54) is 0 Å². The second-order valence-corrected chi connectivity index (χ2v) is 6.50. The molecule has 1 aliphatic carbocycles. The molecule has 23 heavy (non-hydrogen) atoms. The number of ether oxygens (including phenoxy) is 1. The Bertz CT molecular complexity index is 601. The second kappa shape index (κ2) is 6.20. The molecule has 1 saturated carbocycles. The van der Waals surface area contributed by atoms with Crippen molar-refractivity contribution >= 4 is 17.6 Å². The van der Waals surface area contributed by atoms with Crippen LogP contribution in [0.25, 0.3) is 0 Å². The fourth-order valence-electron chi connectivity index (χ4n) is 3.94. The molecule has 0 radical (unpaired) electrons. The Morgan fingerprint density at radius 1 is 1.39 bits per heavy atom. The molecular formula is C17H22N2O4. The van der Waals surface area contributed by atoms with E-state index in [1.54, 1.807) is 31.4 Å². The van der Waals surface area contributed by atoms with E-state index in [0.29, 0.717) is 18.8 Å². The minimum Gasteiger partial charge on any atom is -0.497 e. The number of benzene rings is 1. The highest BCUT2D eigenvalue weighted by Gasteiger charge is 2.54. The normalized spacial score (nSPS) is 26.7. The van der Waals surface area contributed by atoms with Crippen LogP contribution in [0.2, 0.25) is 0 Å². The molecule has 0 bridgehead atoms. The first-order valence-electron chi connectivity index (χ1n) is 7.93. The number of carboxylic acid groups (broad SMARTS) is 1. The van der Waals surface area contributed by atoms with Crippen molar-refractivity contribution in [3.8, 4) is 5.75 Å². The lowest BCUT2D eigenvalue weighted by molar-refractivity contribution is -0.149. The topological polar surface area (TPSA) is 78.9 Å². The summed E-state index contributed by atoms with van der Waals surface area (Å²) in [4.78, 5) is 25.8. The molecule has 0 aromatic heterocycles. The number of hydrogen-bond donors (Lipinski definition) is 2. The first-order valence-corrected chi connectivity index (χ1v) is 7.93. The van der Waals surface area contributed by atoms with Gasteiger partial charge in [-0.2, -0.15) is 0 Å². The van der Waals surface area contributed by atoms with Crippen molar-refractivity contribution < 1.29 is 19.4 Å². The largest absolute Gasteiger partial charge is 0.497 e. The summed E-state index contributed by atoms with van der Waals surface area (Å²) in [6.07, 6.45) is 2.65. The van der Waals surface area contributed by atoms with Gasteiger partial charge in [0.1, 0.15) is 5.75 Å². The molecule has 2 N–H and O–H groups in total. The van der Waals surface area contributed by atoms with Crippen LogP contribution in [0.4, 0.5) is 5.69 Å². The van der Waals surface area contributed by atoms with E-state index in [2.05, 4.69) is 5.32 Å². The number of carboxylic acids is 1. The van der Waals surface area contributed by atoms with Gasteiger partial charge in [-0.3, -0.25) is 14.5 Å². The van der Waals surface area contributed by atoms with E-state index in [1.807, 2.05) is 4.90 Å². The van der Waals surface area contributed by atoms with Crippen molar-refractivity contribution in [2.45, 2.75) is 19.3 Å². The van der Waals surface area contributed by atoms with Crippen molar-refractivity contribution in [2.24, 2.45) is 11.3 Å². The van der Waals surface area contributed by atoms with Gasteiger partial charge in [0, 0.05) is 18.8 Å². The quantitative estimate of drug-likeness (QED) is 0.866. The lowest BCUT2D eigenvalue weighted by Gasteiger charge is -2.23. The zero-order valence-electron chi connectivity index (χ0n) is 13.2. The Morgan fingerprint density at radius 2 is 2.13 bits per heavy atom. The summed E-state index contributed by atoms with van der Waals surface area (Å²) >= 11 is 0. The summed E-state index contributed by atoms with van der Waals surface area (Å²) in [7, 11) is 1.59. The third-order valence-corrected chi connectivity index (χ3v) is 5.11. The number of hydrogen-bond acceptors (Lipinski definition) is 4. The third kappa shape index (κ3) is 3.03. The second-order valence-electron chi connectivity index (χ2n) is 6.50. The first kappa shape index (κ1) is 15.8. The molecule has 6 heteroatoms. The zero-order chi connectivity index (χ0) is 16.4. The minimum absolute atomic E-state index is 0.115. The predicted octanol–water partition coefficient (Wildman–Crippen LogP) is 1.82. The molecule has 1 amide bonds. The molecule has 1 saturated heterocycles. The molecule has 1 aliphatic heterocycles. The van der Waals surface area contributed by atoms with Gasteiger partial charge in [-0.1, -0.05) is 6.42 Å². The van der Waals surface area contributed by atoms with Gasteiger partial charge >= 0.3 is 5.97 Å². The zero-order valence-corrected chi connectivity index (χ0v) is 13.2. The van der Waals surface area contributed by atoms with E-state index in [0.717, 1.165) is 25.0 Å². The molecule has 2 atom stereocenters. The number of rotatable bonds is 5. The lowest BCUT2D eigenvalue weighted by atomic mass is 9.81. The maximum absolute atomic E-state index is 12.2. The lowest BCUT2D eigenvalue weighted by Crippen LogP contribution is -2.37. The van der Waals surface area contributed by atoms with Gasteiger partial charge in [-0.05, 0) is 43.0 Å². The summed E-state index contributed by atoms with van der Waals surface area (Å²) in [6, 6.07) is 7.15. The highest BCUT2D eigenvalue weighted by Crippen LogP contribution is 2.48. The van der Waals surface area contributed by atoms with Crippen LogP contribution in [0.15, 0.2) is 24.3 Å². The van der Waals surface area contributed by atoms with Crippen molar-refractivity contribution in [1.29, 1.82) is 0 Å². The van der Waals surface area contributed by atoms with Crippen LogP contribution >= 0.6 is 0 Å². The molecular weight excluding hydrogens is 296 g/mol. The fraction of sp³-hybridized carbons (Fsp3) is 0.529. The van der Waals surface area contributed by atoms with Gasteiger partial charge in [0.05, 0.1) is 19.1 Å². The maximum Gasteiger partial charge on any atom is 0.311 e. The Hall–Kier alpha value is -2.08. The van der Waals surface area contributed by atoms with Crippen molar-refractivity contribution in [1.82, 2.24) is 4.90 Å². The van der Waals surface area contributed by atoms with Crippen LogP contribution < -0.4 is 10.1 Å². The molecule has 3 rings (SSSR count). The average Bonchev–Trinajstić information content (AvgIpc) is 3.05. The van der Waals surface area contributed by atoms with E-state index in [4.69, 9.17) is 4.74 Å². The van der Waals surface area contributed by atoms with E-state index in [-0.39, 0.29) is 18.4 Å². The van der Waals surface area contributed by atoms with Gasteiger partial charge in [0.2, 0.25) is 5.91 Å². The summed E-state index contributed by atoms with van der Waals surface area (Å²) in [5.41, 5.74) is 0.0727. The number of nitrogens with one attached hydrogen (secondary N) is 1. The summed E-state index contributed by atoms with van der Waals surface area (Å²) < 4.78 is 5.08. The predicted molar refractivity (Wildman–Crippen MR) is 85.5 cm³/mol. The summed E-state index contributed by atoms with van der Waals surface area (Å²) in [5.74, 6) is 0.0845. The van der Waals surface area contributed by atoms with Crippen LogP contribution in [0, 0.1) is 11.3 Å².